The predicted octanol–water partition coefficient (Wildman–Crippen LogP) is -0.0928. The molecule has 0 atom stereocenters. The van der Waals surface area contributed by atoms with Crippen molar-refractivity contribution >= 4 is 17.4 Å². The number of hydrogen-bond acceptors (Lipinski definition) is 7. The van der Waals surface area contributed by atoms with Crippen LogP contribution in [0.2, 0.25) is 0 Å². The summed E-state index contributed by atoms with van der Waals surface area (Å²) in [5.74, 6) is 1.19. The van der Waals surface area contributed by atoms with Crippen LogP contribution in [0.1, 0.15) is 24.5 Å². The lowest BCUT2D eigenvalue weighted by Gasteiger charge is -2.35. The van der Waals surface area contributed by atoms with Gasteiger partial charge in [-0.25, -0.2) is 4.68 Å². The van der Waals surface area contributed by atoms with E-state index in [9.17, 15) is 9.59 Å². The number of anilines is 1. The van der Waals surface area contributed by atoms with Gasteiger partial charge in [0.2, 0.25) is 5.91 Å². The Morgan fingerprint density at radius 2 is 1.86 bits per heavy atom. The van der Waals surface area contributed by atoms with E-state index in [4.69, 9.17) is 0 Å². The molecule has 0 unspecified atom stereocenters. The lowest BCUT2D eigenvalue weighted by atomic mass is 10.3. The monoisotopic (exact) mass is 380 g/mol. The summed E-state index contributed by atoms with van der Waals surface area (Å²) in [6.07, 6.45) is 3.78. The Hall–Kier alpha value is -3.30. The summed E-state index contributed by atoms with van der Waals surface area (Å²) in [6.45, 7) is 2.51. The van der Waals surface area contributed by atoms with E-state index in [1.165, 1.54) is 10.7 Å². The number of aromatic nitrogens is 6. The van der Waals surface area contributed by atoms with Crippen molar-refractivity contribution in [1.29, 1.82) is 0 Å². The van der Waals surface area contributed by atoms with E-state index in [1.807, 2.05) is 12.1 Å². The molecular formula is C18H20N8O2. The molecule has 3 aromatic heterocycles. The van der Waals surface area contributed by atoms with E-state index in [0.29, 0.717) is 37.7 Å². The molecular weight excluding hydrogens is 360 g/mol. The molecule has 0 radical (unpaired) electrons. The average Bonchev–Trinajstić information content (AvgIpc) is 3.46. The largest absolute Gasteiger partial charge is 0.352 e. The normalized spacial score (nSPS) is 17.3. The van der Waals surface area contributed by atoms with Crippen molar-refractivity contribution in [2.45, 2.75) is 25.3 Å². The summed E-state index contributed by atoms with van der Waals surface area (Å²) < 4.78 is 2.93. The molecule has 1 aliphatic carbocycles. The van der Waals surface area contributed by atoms with Gasteiger partial charge in [0.25, 0.3) is 5.56 Å². The topological polar surface area (TPSA) is 102 Å². The maximum Gasteiger partial charge on any atom is 0.267 e. The third-order valence-electron chi connectivity index (χ3n) is 5.27. The van der Waals surface area contributed by atoms with Crippen LogP contribution in [0.4, 0.5) is 5.82 Å². The Labute approximate surface area is 160 Å². The zero-order chi connectivity index (χ0) is 19.1. The van der Waals surface area contributed by atoms with Crippen molar-refractivity contribution in [3.8, 4) is 0 Å². The fraction of sp³-hybridized carbons (Fsp3) is 0.444. The summed E-state index contributed by atoms with van der Waals surface area (Å²) in [6, 6.07) is 7.07. The zero-order valence-corrected chi connectivity index (χ0v) is 15.3. The molecule has 10 heteroatoms. The van der Waals surface area contributed by atoms with Gasteiger partial charge in [-0.3, -0.25) is 9.59 Å². The second-order valence-corrected chi connectivity index (χ2v) is 7.22. The predicted molar refractivity (Wildman–Crippen MR) is 100 cm³/mol. The van der Waals surface area contributed by atoms with Gasteiger partial charge in [0.1, 0.15) is 18.7 Å². The molecule has 2 aliphatic rings. The van der Waals surface area contributed by atoms with Crippen molar-refractivity contribution < 1.29 is 4.79 Å². The highest BCUT2D eigenvalue weighted by molar-refractivity contribution is 5.76. The second kappa shape index (κ2) is 6.70. The van der Waals surface area contributed by atoms with Crippen LogP contribution in [0.25, 0.3) is 5.65 Å². The Balaban J connectivity index is 1.23. The number of amides is 1. The van der Waals surface area contributed by atoms with E-state index in [1.54, 1.807) is 21.8 Å². The Bertz CT molecular complexity index is 1080. The highest BCUT2D eigenvalue weighted by atomic mass is 16.2. The first-order chi connectivity index (χ1) is 13.7. The van der Waals surface area contributed by atoms with Crippen LogP contribution < -0.4 is 10.5 Å². The first kappa shape index (κ1) is 16.8. The molecule has 1 aliphatic heterocycles. The minimum absolute atomic E-state index is 0.00961. The quantitative estimate of drug-likeness (QED) is 0.623. The molecule has 144 valence electrons. The van der Waals surface area contributed by atoms with Crippen molar-refractivity contribution in [3.63, 3.8) is 0 Å². The fourth-order valence-corrected chi connectivity index (χ4v) is 3.47. The maximum absolute atomic E-state index is 12.7. The molecule has 5 rings (SSSR count). The second-order valence-electron chi connectivity index (χ2n) is 7.22. The third kappa shape index (κ3) is 3.21. The first-order valence-corrected chi connectivity index (χ1v) is 9.45. The molecule has 2 fully saturated rings. The van der Waals surface area contributed by atoms with Crippen molar-refractivity contribution in [1.82, 2.24) is 34.5 Å². The molecule has 1 saturated carbocycles. The Kier molecular flexibility index (Phi) is 4.03. The van der Waals surface area contributed by atoms with Gasteiger partial charge in [-0.15, -0.1) is 15.3 Å². The number of nitrogens with zero attached hydrogens (tertiary/aromatic N) is 8. The average molecular weight is 380 g/mol. The highest BCUT2D eigenvalue weighted by Gasteiger charge is 2.27. The number of piperazine rings is 1. The lowest BCUT2D eigenvalue weighted by Crippen LogP contribution is -2.50. The molecule has 28 heavy (non-hydrogen) atoms. The fourth-order valence-electron chi connectivity index (χ4n) is 3.47. The Morgan fingerprint density at radius 3 is 2.64 bits per heavy atom. The van der Waals surface area contributed by atoms with Crippen LogP contribution in [0.3, 0.4) is 0 Å². The van der Waals surface area contributed by atoms with E-state index >= 15 is 0 Å². The van der Waals surface area contributed by atoms with Crippen LogP contribution in [0, 0.1) is 0 Å². The lowest BCUT2D eigenvalue weighted by molar-refractivity contribution is -0.132. The summed E-state index contributed by atoms with van der Waals surface area (Å²) in [5, 5.41) is 16.7. The number of rotatable bonds is 4. The molecule has 10 nitrogen and oxygen atoms in total. The van der Waals surface area contributed by atoms with E-state index in [-0.39, 0.29) is 18.0 Å². The van der Waals surface area contributed by atoms with Gasteiger partial charge in [0.15, 0.2) is 5.65 Å². The van der Waals surface area contributed by atoms with Gasteiger partial charge in [-0.1, -0.05) is 0 Å². The summed E-state index contributed by atoms with van der Waals surface area (Å²) >= 11 is 0. The molecule has 0 aromatic carbocycles. The third-order valence-corrected chi connectivity index (χ3v) is 5.27. The summed E-state index contributed by atoms with van der Waals surface area (Å²) in [5.41, 5.74) is 1.37. The number of carbonyl (C=O) groups excluding carboxylic acids is 1. The van der Waals surface area contributed by atoms with Gasteiger partial charge in [0.05, 0.1) is 5.69 Å². The maximum atomic E-state index is 12.7. The zero-order valence-electron chi connectivity index (χ0n) is 15.3. The molecule has 3 aromatic rings. The molecule has 4 heterocycles. The van der Waals surface area contributed by atoms with Crippen molar-refractivity contribution in [2.75, 3.05) is 31.1 Å². The number of fused-ring (bicyclic) bond motifs is 1. The van der Waals surface area contributed by atoms with Gasteiger partial charge in [-0.2, -0.15) is 9.61 Å². The molecule has 1 amide bonds. The van der Waals surface area contributed by atoms with Gasteiger partial charge >= 0.3 is 0 Å². The number of hydrogen-bond donors (Lipinski definition) is 0. The van der Waals surface area contributed by atoms with Crippen molar-refractivity contribution in [2.24, 2.45) is 0 Å². The van der Waals surface area contributed by atoms with Gasteiger partial charge in [0, 0.05) is 38.2 Å². The molecule has 0 bridgehead atoms. The van der Waals surface area contributed by atoms with Crippen LogP contribution in [0.5, 0.6) is 0 Å². The van der Waals surface area contributed by atoms with Crippen LogP contribution in [-0.2, 0) is 11.3 Å². The highest BCUT2D eigenvalue weighted by Crippen LogP contribution is 2.38. The molecule has 1 saturated heterocycles. The van der Waals surface area contributed by atoms with E-state index in [2.05, 4.69) is 25.3 Å². The van der Waals surface area contributed by atoms with Gasteiger partial charge < -0.3 is 9.80 Å². The van der Waals surface area contributed by atoms with E-state index in [0.717, 1.165) is 24.4 Å². The Morgan fingerprint density at radius 1 is 1.04 bits per heavy atom. The summed E-state index contributed by atoms with van der Waals surface area (Å²) in [7, 11) is 0. The molecule has 0 spiro atoms. The standard InChI is InChI=1S/C18H20N8O2/c27-17-6-3-14(13-1-2-13)21-25(17)11-18(28)24-9-7-23(8-10-24)16-5-4-15-20-19-12-26(15)22-16/h3-6,12-13H,1-2,7-11H2. The minimum atomic E-state index is -0.233. The van der Waals surface area contributed by atoms with Crippen LogP contribution >= 0.6 is 0 Å². The number of carbonyl (C=O) groups is 1. The van der Waals surface area contributed by atoms with E-state index < -0.39 is 0 Å². The summed E-state index contributed by atoms with van der Waals surface area (Å²) in [4.78, 5) is 28.6. The first-order valence-electron chi connectivity index (χ1n) is 9.45. The SMILES string of the molecule is O=C(Cn1nc(C2CC2)ccc1=O)N1CCN(c2ccc3nncn3n2)CC1. The minimum Gasteiger partial charge on any atom is -0.352 e. The van der Waals surface area contributed by atoms with Crippen LogP contribution in [0.15, 0.2) is 35.4 Å². The van der Waals surface area contributed by atoms with Crippen molar-refractivity contribution in [3.05, 3.63) is 46.6 Å². The van der Waals surface area contributed by atoms with Gasteiger partial charge in [-0.05, 0) is 31.0 Å². The molecule has 0 N–H and O–H groups in total. The smallest absolute Gasteiger partial charge is 0.267 e. The van der Waals surface area contributed by atoms with Crippen LogP contribution in [-0.4, -0.2) is 66.6 Å².